The molecule has 0 radical (unpaired) electrons. The van der Waals surface area contributed by atoms with E-state index in [9.17, 15) is 4.39 Å². The molecule has 0 spiro atoms. The molecule has 3 rings (SSSR count). The average Bonchev–Trinajstić information content (AvgIpc) is 2.71. The molecule has 0 aromatic heterocycles. The van der Waals surface area contributed by atoms with Crippen LogP contribution in [-0.4, -0.2) is 24.9 Å². The first-order valence-corrected chi connectivity index (χ1v) is 10.6. The molecule has 162 valence electrons. The van der Waals surface area contributed by atoms with Crippen molar-refractivity contribution in [2.75, 3.05) is 18.5 Å². The van der Waals surface area contributed by atoms with Crippen molar-refractivity contribution in [2.45, 2.75) is 58.0 Å². The van der Waals surface area contributed by atoms with E-state index in [0.717, 1.165) is 35.4 Å². The number of halogens is 1. The van der Waals surface area contributed by atoms with E-state index in [-0.39, 0.29) is 18.0 Å². The summed E-state index contributed by atoms with van der Waals surface area (Å²) in [6, 6.07) is 12.6. The van der Waals surface area contributed by atoms with Crippen molar-refractivity contribution in [3.05, 3.63) is 72.1 Å². The van der Waals surface area contributed by atoms with Gasteiger partial charge in [-0.3, -0.25) is 0 Å². The lowest BCUT2D eigenvalue weighted by molar-refractivity contribution is -0.157. The average molecular weight is 414 g/mol. The molecule has 0 bridgehead atoms. The predicted octanol–water partition coefficient (Wildman–Crippen LogP) is 6.04. The van der Waals surface area contributed by atoms with E-state index in [1.807, 2.05) is 38.1 Å². The van der Waals surface area contributed by atoms with Crippen molar-refractivity contribution in [3.8, 4) is 5.75 Å². The van der Waals surface area contributed by atoms with Crippen LogP contribution in [0.3, 0.4) is 0 Å². The summed E-state index contributed by atoms with van der Waals surface area (Å²) in [5, 5.41) is 3.37. The van der Waals surface area contributed by atoms with E-state index >= 15 is 0 Å². The van der Waals surface area contributed by atoms with E-state index in [1.165, 1.54) is 12.1 Å². The fraction of sp³-hybridized carbons (Fsp3) is 0.440. The topological polar surface area (TPSA) is 39.7 Å². The van der Waals surface area contributed by atoms with Gasteiger partial charge in [-0.05, 0) is 56.2 Å². The van der Waals surface area contributed by atoms with Gasteiger partial charge in [0.1, 0.15) is 29.4 Å². The van der Waals surface area contributed by atoms with Crippen LogP contribution in [0.4, 0.5) is 10.1 Å². The maximum atomic E-state index is 13.5. The van der Waals surface area contributed by atoms with Crippen LogP contribution in [0.5, 0.6) is 5.75 Å². The molecule has 0 amide bonds. The molecule has 30 heavy (non-hydrogen) atoms. The zero-order valence-corrected chi connectivity index (χ0v) is 18.1. The molecule has 2 aromatic rings. The Balaban J connectivity index is 1.85. The molecule has 4 nitrogen and oxygen atoms in total. The van der Waals surface area contributed by atoms with Crippen LogP contribution in [0.15, 0.2) is 55.1 Å². The number of nitrogens with one attached hydrogen (secondary N) is 1. The SMILES string of the molecule is C=CCOC1C(OCCCC)c2cc(NCc3cccc(F)c3)ccc2OC1(C)C. The summed E-state index contributed by atoms with van der Waals surface area (Å²) in [6.07, 6.45) is 3.28. The van der Waals surface area contributed by atoms with Crippen LogP contribution in [0.25, 0.3) is 0 Å². The first kappa shape index (κ1) is 22.3. The molecule has 0 saturated heterocycles. The summed E-state index contributed by atoms with van der Waals surface area (Å²) in [5.41, 5.74) is 2.23. The number of ether oxygens (including phenoxy) is 3. The minimum absolute atomic E-state index is 0.234. The Hall–Kier alpha value is -2.37. The highest BCUT2D eigenvalue weighted by atomic mass is 19.1. The monoisotopic (exact) mass is 413 g/mol. The number of hydrogen-bond acceptors (Lipinski definition) is 4. The minimum Gasteiger partial charge on any atom is -0.485 e. The molecular weight excluding hydrogens is 381 g/mol. The van der Waals surface area contributed by atoms with Crippen molar-refractivity contribution >= 4 is 5.69 Å². The van der Waals surface area contributed by atoms with Gasteiger partial charge in [0.2, 0.25) is 0 Å². The highest BCUT2D eigenvalue weighted by Crippen LogP contribution is 2.44. The third-order valence-corrected chi connectivity index (χ3v) is 5.22. The predicted molar refractivity (Wildman–Crippen MR) is 118 cm³/mol. The van der Waals surface area contributed by atoms with Gasteiger partial charge in [0.25, 0.3) is 0 Å². The number of anilines is 1. The fourth-order valence-corrected chi connectivity index (χ4v) is 3.69. The normalized spacial score (nSPS) is 19.6. The van der Waals surface area contributed by atoms with Gasteiger partial charge in [-0.1, -0.05) is 31.6 Å². The van der Waals surface area contributed by atoms with Crippen molar-refractivity contribution in [3.63, 3.8) is 0 Å². The van der Waals surface area contributed by atoms with Crippen molar-refractivity contribution in [1.82, 2.24) is 0 Å². The molecule has 1 aliphatic heterocycles. The smallest absolute Gasteiger partial charge is 0.132 e. The molecule has 1 N–H and O–H groups in total. The minimum atomic E-state index is -0.538. The van der Waals surface area contributed by atoms with Gasteiger partial charge in [-0.2, -0.15) is 0 Å². The molecule has 2 aromatic carbocycles. The van der Waals surface area contributed by atoms with E-state index < -0.39 is 5.60 Å². The summed E-state index contributed by atoms with van der Waals surface area (Å²) in [5.74, 6) is 0.568. The zero-order valence-electron chi connectivity index (χ0n) is 18.1. The first-order valence-electron chi connectivity index (χ1n) is 10.6. The Kier molecular flexibility index (Phi) is 7.51. The molecular formula is C25H32FNO3. The third kappa shape index (κ3) is 5.41. The van der Waals surface area contributed by atoms with Crippen molar-refractivity contribution in [1.29, 1.82) is 0 Å². The Morgan fingerprint density at radius 3 is 2.77 bits per heavy atom. The lowest BCUT2D eigenvalue weighted by Crippen LogP contribution is -2.51. The molecule has 2 atom stereocenters. The molecule has 1 heterocycles. The molecule has 0 aliphatic carbocycles. The third-order valence-electron chi connectivity index (χ3n) is 5.22. The van der Waals surface area contributed by atoms with E-state index in [4.69, 9.17) is 14.2 Å². The summed E-state index contributed by atoms with van der Waals surface area (Å²) in [7, 11) is 0. The standard InChI is InChI=1S/C25H32FNO3/c1-5-7-14-28-23-21-16-20(27-17-18-9-8-10-19(26)15-18)11-12-22(21)30-25(3,4)24(23)29-13-6-2/h6,8-12,15-16,23-24,27H,2,5,7,13-14,17H2,1,3-4H3. The van der Waals surface area contributed by atoms with E-state index in [1.54, 1.807) is 12.1 Å². The molecule has 0 fully saturated rings. The number of unbranched alkanes of at least 4 members (excludes halogenated alkanes) is 1. The second-order valence-corrected chi connectivity index (χ2v) is 8.13. The summed E-state index contributed by atoms with van der Waals surface area (Å²) < 4.78 is 32.1. The lowest BCUT2D eigenvalue weighted by Gasteiger charge is -2.44. The van der Waals surface area contributed by atoms with Crippen LogP contribution in [-0.2, 0) is 16.0 Å². The molecule has 5 heteroatoms. The number of benzene rings is 2. The number of rotatable bonds is 10. The maximum absolute atomic E-state index is 13.5. The second kappa shape index (κ2) is 10.1. The van der Waals surface area contributed by atoms with Gasteiger partial charge >= 0.3 is 0 Å². The van der Waals surface area contributed by atoms with Gasteiger partial charge in [-0.15, -0.1) is 6.58 Å². The highest BCUT2D eigenvalue weighted by molar-refractivity contribution is 5.53. The fourth-order valence-electron chi connectivity index (χ4n) is 3.69. The lowest BCUT2D eigenvalue weighted by atomic mass is 9.87. The van der Waals surface area contributed by atoms with E-state index in [0.29, 0.717) is 19.8 Å². The van der Waals surface area contributed by atoms with Crippen LogP contribution in [0.1, 0.15) is 50.8 Å². The van der Waals surface area contributed by atoms with Gasteiger partial charge in [0.15, 0.2) is 0 Å². The van der Waals surface area contributed by atoms with Crippen LogP contribution < -0.4 is 10.1 Å². The Bertz CT molecular complexity index is 852. The second-order valence-electron chi connectivity index (χ2n) is 8.13. The van der Waals surface area contributed by atoms with Crippen LogP contribution in [0.2, 0.25) is 0 Å². The summed E-state index contributed by atoms with van der Waals surface area (Å²) in [4.78, 5) is 0. The van der Waals surface area contributed by atoms with Gasteiger partial charge in [0, 0.05) is 24.4 Å². The number of hydrogen-bond donors (Lipinski definition) is 1. The van der Waals surface area contributed by atoms with Crippen LogP contribution >= 0.6 is 0 Å². The van der Waals surface area contributed by atoms with Gasteiger partial charge < -0.3 is 19.5 Å². The van der Waals surface area contributed by atoms with Crippen molar-refractivity contribution < 1.29 is 18.6 Å². The number of fused-ring (bicyclic) bond motifs is 1. The first-order chi connectivity index (χ1) is 14.4. The summed E-state index contributed by atoms with van der Waals surface area (Å²) in [6.45, 7) is 11.6. The summed E-state index contributed by atoms with van der Waals surface area (Å²) >= 11 is 0. The maximum Gasteiger partial charge on any atom is 0.132 e. The van der Waals surface area contributed by atoms with Gasteiger partial charge in [0.05, 0.1) is 6.61 Å². The largest absolute Gasteiger partial charge is 0.485 e. The Morgan fingerprint density at radius 1 is 1.20 bits per heavy atom. The highest BCUT2D eigenvalue weighted by Gasteiger charge is 2.45. The molecule has 1 aliphatic rings. The molecule has 0 saturated carbocycles. The van der Waals surface area contributed by atoms with Crippen molar-refractivity contribution in [2.24, 2.45) is 0 Å². The Morgan fingerprint density at radius 2 is 2.03 bits per heavy atom. The quantitative estimate of drug-likeness (QED) is 0.381. The van der Waals surface area contributed by atoms with Crippen LogP contribution in [0, 0.1) is 5.82 Å². The van der Waals surface area contributed by atoms with E-state index in [2.05, 4.69) is 18.8 Å². The zero-order chi connectivity index (χ0) is 21.6. The van der Waals surface area contributed by atoms with Gasteiger partial charge in [-0.25, -0.2) is 4.39 Å². The Labute approximate surface area is 179 Å². The molecule has 2 unspecified atom stereocenters.